The summed E-state index contributed by atoms with van der Waals surface area (Å²) in [5, 5.41) is 3.11. The van der Waals surface area contributed by atoms with Crippen molar-refractivity contribution in [1.29, 1.82) is 0 Å². The molecule has 1 aromatic rings. The van der Waals surface area contributed by atoms with Crippen molar-refractivity contribution in [2.45, 2.75) is 20.4 Å². The Morgan fingerprint density at radius 3 is 2.75 bits per heavy atom. The molecule has 3 N–H and O–H groups in total. The van der Waals surface area contributed by atoms with Gasteiger partial charge in [0.05, 0.1) is 13.2 Å². The van der Waals surface area contributed by atoms with E-state index in [-0.39, 0.29) is 0 Å². The number of ether oxygens (including phenoxy) is 2. The van der Waals surface area contributed by atoms with Gasteiger partial charge in [0.15, 0.2) is 5.96 Å². The van der Waals surface area contributed by atoms with Gasteiger partial charge in [-0.05, 0) is 30.7 Å². The molecule has 136 valence electrons. The molecule has 24 heavy (non-hydrogen) atoms. The molecule has 0 fully saturated rings. The fraction of sp³-hybridized carbons (Fsp3) is 0.611. The summed E-state index contributed by atoms with van der Waals surface area (Å²) in [5.74, 6) is 1.88. The third-order valence-corrected chi connectivity index (χ3v) is 3.44. The van der Waals surface area contributed by atoms with E-state index in [1.165, 1.54) is 0 Å². The minimum absolute atomic E-state index is 0.481. The highest BCUT2D eigenvalue weighted by atomic mass is 16.5. The van der Waals surface area contributed by atoms with E-state index in [1.54, 1.807) is 7.11 Å². The van der Waals surface area contributed by atoms with Gasteiger partial charge in [0.1, 0.15) is 12.4 Å². The number of likely N-dealkylation sites (N-methyl/N-ethyl adjacent to an activating group) is 1. The number of guanidine groups is 1. The molecular weight excluding hydrogens is 304 g/mol. The first-order chi connectivity index (χ1) is 11.5. The topological polar surface area (TPSA) is 72.1 Å². The van der Waals surface area contributed by atoms with Crippen LogP contribution in [0, 0.1) is 5.92 Å². The number of rotatable bonds is 11. The van der Waals surface area contributed by atoms with Crippen LogP contribution in [0.5, 0.6) is 5.75 Å². The first-order valence-electron chi connectivity index (χ1n) is 8.44. The first kappa shape index (κ1) is 20.3. The van der Waals surface area contributed by atoms with Gasteiger partial charge in [0.25, 0.3) is 0 Å². The Bertz CT molecular complexity index is 492. The summed E-state index contributed by atoms with van der Waals surface area (Å²) in [6, 6.07) is 7.97. The Morgan fingerprint density at radius 1 is 1.29 bits per heavy atom. The van der Waals surface area contributed by atoms with Gasteiger partial charge in [-0.1, -0.05) is 26.0 Å². The molecule has 0 heterocycles. The van der Waals surface area contributed by atoms with Crippen molar-refractivity contribution in [1.82, 2.24) is 10.2 Å². The fourth-order valence-electron chi connectivity index (χ4n) is 1.95. The van der Waals surface area contributed by atoms with Crippen LogP contribution >= 0.6 is 0 Å². The molecule has 1 rings (SSSR count). The van der Waals surface area contributed by atoms with Crippen molar-refractivity contribution in [2.24, 2.45) is 16.6 Å². The van der Waals surface area contributed by atoms with E-state index in [4.69, 9.17) is 15.2 Å². The molecule has 1 aromatic carbocycles. The number of aliphatic imine (C=N–C) groups is 1. The standard InChI is InChI=1S/C18H32N4O2/c1-15(2)13-20-18(19)21-14-16-6-5-7-17(12-16)24-11-9-22(3)8-10-23-4/h5-7,12,15H,8-11,13-14H2,1-4H3,(H3,19,20,21). The van der Waals surface area contributed by atoms with Crippen molar-refractivity contribution in [2.75, 3.05) is 47.0 Å². The van der Waals surface area contributed by atoms with E-state index in [0.29, 0.717) is 25.0 Å². The van der Waals surface area contributed by atoms with Crippen LogP contribution in [0.25, 0.3) is 0 Å². The fourth-order valence-corrected chi connectivity index (χ4v) is 1.95. The first-order valence-corrected chi connectivity index (χ1v) is 8.44. The van der Waals surface area contributed by atoms with Crippen molar-refractivity contribution < 1.29 is 9.47 Å². The lowest BCUT2D eigenvalue weighted by Crippen LogP contribution is -2.34. The second-order valence-electron chi connectivity index (χ2n) is 6.27. The van der Waals surface area contributed by atoms with Gasteiger partial charge >= 0.3 is 0 Å². The van der Waals surface area contributed by atoms with Crippen LogP contribution in [0.2, 0.25) is 0 Å². The molecule has 0 aliphatic rings. The summed E-state index contributed by atoms with van der Waals surface area (Å²) >= 11 is 0. The Morgan fingerprint density at radius 2 is 2.04 bits per heavy atom. The van der Waals surface area contributed by atoms with Crippen LogP contribution in [-0.2, 0) is 11.3 Å². The molecule has 0 aliphatic heterocycles. The highest BCUT2D eigenvalue weighted by Gasteiger charge is 2.01. The monoisotopic (exact) mass is 336 g/mol. The lowest BCUT2D eigenvalue weighted by Gasteiger charge is -2.16. The molecule has 6 nitrogen and oxygen atoms in total. The molecule has 0 spiro atoms. The van der Waals surface area contributed by atoms with E-state index in [0.717, 1.165) is 37.6 Å². The minimum atomic E-state index is 0.481. The van der Waals surface area contributed by atoms with Crippen molar-refractivity contribution >= 4 is 5.96 Å². The predicted molar refractivity (Wildman–Crippen MR) is 99.5 cm³/mol. The Kier molecular flexibility index (Phi) is 9.88. The van der Waals surface area contributed by atoms with Crippen LogP contribution in [0.1, 0.15) is 19.4 Å². The lowest BCUT2D eigenvalue weighted by atomic mass is 10.2. The molecule has 0 aliphatic carbocycles. The average molecular weight is 336 g/mol. The van der Waals surface area contributed by atoms with Gasteiger partial charge < -0.3 is 25.4 Å². The van der Waals surface area contributed by atoms with E-state index in [9.17, 15) is 0 Å². The largest absolute Gasteiger partial charge is 0.492 e. The summed E-state index contributed by atoms with van der Waals surface area (Å²) in [6.45, 7) is 8.77. The number of hydrogen-bond acceptors (Lipinski definition) is 4. The number of benzene rings is 1. The van der Waals surface area contributed by atoms with Crippen LogP contribution in [0.15, 0.2) is 29.3 Å². The van der Waals surface area contributed by atoms with Crippen molar-refractivity contribution in [3.63, 3.8) is 0 Å². The summed E-state index contributed by atoms with van der Waals surface area (Å²) < 4.78 is 10.9. The van der Waals surface area contributed by atoms with E-state index in [2.05, 4.69) is 36.1 Å². The SMILES string of the molecule is COCCN(C)CCOc1cccc(CN=C(N)NCC(C)C)c1. The lowest BCUT2D eigenvalue weighted by molar-refractivity contribution is 0.150. The summed E-state index contributed by atoms with van der Waals surface area (Å²) in [6.07, 6.45) is 0. The third kappa shape index (κ3) is 9.37. The van der Waals surface area contributed by atoms with Gasteiger partial charge in [-0.2, -0.15) is 0 Å². The zero-order chi connectivity index (χ0) is 17.8. The number of nitrogens with zero attached hydrogens (tertiary/aromatic N) is 2. The Balaban J connectivity index is 2.39. The maximum absolute atomic E-state index is 5.85. The van der Waals surface area contributed by atoms with E-state index in [1.807, 2.05) is 24.3 Å². The molecule has 0 saturated heterocycles. The van der Waals surface area contributed by atoms with Crippen LogP contribution in [0.3, 0.4) is 0 Å². The number of methoxy groups -OCH3 is 1. The van der Waals surface area contributed by atoms with Gasteiger partial charge in [-0.3, -0.25) is 0 Å². The second kappa shape index (κ2) is 11.7. The molecule has 6 heteroatoms. The predicted octanol–water partition coefficient (Wildman–Crippen LogP) is 1.70. The molecular formula is C18H32N4O2. The van der Waals surface area contributed by atoms with Crippen LogP contribution in [-0.4, -0.2) is 57.9 Å². The zero-order valence-electron chi connectivity index (χ0n) is 15.4. The third-order valence-electron chi connectivity index (χ3n) is 3.44. The molecule has 0 saturated carbocycles. The smallest absolute Gasteiger partial charge is 0.188 e. The minimum Gasteiger partial charge on any atom is -0.492 e. The van der Waals surface area contributed by atoms with Gasteiger partial charge in [-0.25, -0.2) is 4.99 Å². The van der Waals surface area contributed by atoms with E-state index < -0.39 is 0 Å². The van der Waals surface area contributed by atoms with Gasteiger partial charge in [0, 0.05) is 26.7 Å². The molecule has 0 unspecified atom stereocenters. The van der Waals surface area contributed by atoms with Crippen molar-refractivity contribution in [3.8, 4) is 5.75 Å². The van der Waals surface area contributed by atoms with Gasteiger partial charge in [0.2, 0.25) is 0 Å². The second-order valence-corrected chi connectivity index (χ2v) is 6.27. The molecule has 0 amide bonds. The Hall–Kier alpha value is -1.79. The molecule has 0 atom stereocenters. The maximum atomic E-state index is 5.85. The number of nitrogens with one attached hydrogen (secondary N) is 1. The van der Waals surface area contributed by atoms with Crippen molar-refractivity contribution in [3.05, 3.63) is 29.8 Å². The summed E-state index contributed by atoms with van der Waals surface area (Å²) in [5.41, 5.74) is 6.93. The molecule has 0 bridgehead atoms. The van der Waals surface area contributed by atoms with Crippen LogP contribution in [0.4, 0.5) is 0 Å². The highest BCUT2D eigenvalue weighted by Crippen LogP contribution is 2.14. The van der Waals surface area contributed by atoms with E-state index >= 15 is 0 Å². The maximum Gasteiger partial charge on any atom is 0.188 e. The zero-order valence-corrected chi connectivity index (χ0v) is 15.4. The quantitative estimate of drug-likeness (QED) is 0.475. The summed E-state index contributed by atoms with van der Waals surface area (Å²) in [4.78, 5) is 6.53. The Labute approximate surface area is 146 Å². The van der Waals surface area contributed by atoms with Crippen LogP contribution < -0.4 is 15.8 Å². The molecule has 0 aromatic heterocycles. The number of nitrogens with two attached hydrogens (primary N) is 1. The van der Waals surface area contributed by atoms with Gasteiger partial charge in [-0.15, -0.1) is 0 Å². The number of hydrogen-bond donors (Lipinski definition) is 2. The summed E-state index contributed by atoms with van der Waals surface area (Å²) in [7, 11) is 3.77. The molecule has 0 radical (unpaired) electrons. The average Bonchev–Trinajstić information content (AvgIpc) is 2.56. The normalized spacial score (nSPS) is 12.0. The highest BCUT2D eigenvalue weighted by molar-refractivity contribution is 5.77.